The normalized spacial score (nSPS) is 11.7. The van der Waals surface area contributed by atoms with Crippen molar-refractivity contribution in [1.82, 2.24) is 0 Å². The van der Waals surface area contributed by atoms with Crippen LogP contribution in [0.3, 0.4) is 0 Å². The summed E-state index contributed by atoms with van der Waals surface area (Å²) in [6.45, 7) is 3.92. The van der Waals surface area contributed by atoms with E-state index in [4.69, 9.17) is 9.84 Å². The number of aliphatic carboxylic acids is 1. The molecule has 0 bridgehead atoms. The second-order valence-electron chi connectivity index (χ2n) is 9.03. The van der Waals surface area contributed by atoms with E-state index in [2.05, 4.69) is 48.6 Å². The fraction of sp³-hybridized carbons (Fsp3) is 0.0789. The summed E-state index contributed by atoms with van der Waals surface area (Å²) in [6.07, 6.45) is 17.1. The summed E-state index contributed by atoms with van der Waals surface area (Å²) in [4.78, 5) is 10.4. The molecule has 0 atom stereocenters. The first-order valence-electron chi connectivity index (χ1n) is 13.8. The lowest BCUT2D eigenvalue weighted by Crippen LogP contribution is -2.04. The van der Waals surface area contributed by atoms with Crippen LogP contribution in [-0.4, -0.2) is 22.8 Å². The van der Waals surface area contributed by atoms with Crippen molar-refractivity contribution in [3.63, 3.8) is 0 Å². The molecule has 4 aromatic rings. The summed E-state index contributed by atoms with van der Waals surface area (Å²) in [5.74, 6) is -0.799. The second kappa shape index (κ2) is 17.4. The lowest BCUT2D eigenvalue weighted by molar-refractivity contribution is -0.136. The van der Waals surface area contributed by atoms with E-state index in [0.717, 1.165) is 33.4 Å². The van der Waals surface area contributed by atoms with Gasteiger partial charge in [0.15, 0.2) is 0 Å². The Morgan fingerprint density at radius 2 is 1.14 bits per heavy atom. The molecule has 0 saturated heterocycles. The highest BCUT2D eigenvalue weighted by Gasteiger charge is 2.08. The first kappa shape index (κ1) is 31.2. The molecule has 2 N–H and O–H groups in total. The molecule has 0 amide bonds. The van der Waals surface area contributed by atoms with Gasteiger partial charge in [0.2, 0.25) is 5.76 Å². The molecular formula is C38H36O4. The number of ether oxygens (including phenoxy) is 1. The maximum Gasteiger partial charge on any atom is 0.371 e. The summed E-state index contributed by atoms with van der Waals surface area (Å²) in [6, 6.07) is 34.2. The lowest BCUT2D eigenvalue weighted by atomic mass is 9.96. The van der Waals surface area contributed by atoms with Gasteiger partial charge in [0.05, 0.1) is 6.61 Å². The zero-order valence-electron chi connectivity index (χ0n) is 23.9. The third-order valence-electron chi connectivity index (χ3n) is 5.99. The molecule has 0 fully saturated rings. The molecule has 0 saturated carbocycles. The third kappa shape index (κ3) is 10.3. The number of phenolic OH excluding ortho intramolecular Hbond substituents is 1. The van der Waals surface area contributed by atoms with Gasteiger partial charge in [-0.05, 0) is 53.8 Å². The molecule has 0 aliphatic carbocycles. The van der Waals surface area contributed by atoms with Gasteiger partial charge in [0.1, 0.15) is 5.75 Å². The lowest BCUT2D eigenvalue weighted by Gasteiger charge is -2.09. The average Bonchev–Trinajstić information content (AvgIpc) is 3.02. The van der Waals surface area contributed by atoms with Crippen LogP contribution in [0.25, 0.3) is 36.5 Å². The Balaban J connectivity index is 0.000000375. The van der Waals surface area contributed by atoms with E-state index in [1.807, 2.05) is 91.9 Å². The Hall–Kier alpha value is -5.35. The van der Waals surface area contributed by atoms with E-state index < -0.39 is 5.97 Å². The van der Waals surface area contributed by atoms with E-state index >= 15 is 0 Å². The number of rotatable bonds is 10. The Morgan fingerprint density at radius 1 is 0.667 bits per heavy atom. The molecule has 0 radical (unpaired) electrons. The molecule has 0 unspecified atom stereocenters. The molecule has 42 heavy (non-hydrogen) atoms. The van der Waals surface area contributed by atoms with E-state index in [-0.39, 0.29) is 11.5 Å². The van der Waals surface area contributed by atoms with Crippen LogP contribution in [0.4, 0.5) is 0 Å². The Bertz CT molecular complexity index is 1550. The predicted molar refractivity (Wildman–Crippen MR) is 176 cm³/mol. The van der Waals surface area contributed by atoms with Crippen molar-refractivity contribution >= 4 is 42.4 Å². The number of benzene rings is 4. The fourth-order valence-electron chi connectivity index (χ4n) is 3.91. The standard InChI is InChI=1S/C30H24O.C8H12O3/c31-30-23-20-27(19-16-24-10-4-1-5-11-24)28(21-17-25-12-6-2-7-13-25)29(30)22-18-26-14-8-3-9-15-26;1-3-5-6-7(8(9)10)11-4-2/h1-23,31H;3,5-6H,4H2,1-2H3,(H,9,10)/b;5-3+,7-6-. The van der Waals surface area contributed by atoms with E-state index in [9.17, 15) is 9.90 Å². The minimum absolute atomic E-state index is 0.0226. The minimum Gasteiger partial charge on any atom is -0.507 e. The number of aromatic hydroxyl groups is 1. The maximum atomic E-state index is 10.7. The third-order valence-corrected chi connectivity index (χ3v) is 5.99. The summed E-state index contributed by atoms with van der Waals surface area (Å²) < 4.78 is 4.82. The van der Waals surface area contributed by atoms with Gasteiger partial charge in [-0.1, -0.05) is 146 Å². The molecular weight excluding hydrogens is 520 g/mol. The van der Waals surface area contributed by atoms with Gasteiger partial charge in [-0.3, -0.25) is 0 Å². The molecule has 4 nitrogen and oxygen atoms in total. The summed E-state index contributed by atoms with van der Waals surface area (Å²) in [5, 5.41) is 19.2. The fourth-order valence-corrected chi connectivity index (χ4v) is 3.91. The molecule has 0 aliphatic heterocycles. The van der Waals surface area contributed by atoms with Gasteiger partial charge in [0.25, 0.3) is 0 Å². The first-order chi connectivity index (χ1) is 20.5. The molecule has 0 aliphatic rings. The van der Waals surface area contributed by atoms with Gasteiger partial charge in [0, 0.05) is 5.56 Å². The van der Waals surface area contributed by atoms with Gasteiger partial charge >= 0.3 is 5.97 Å². The van der Waals surface area contributed by atoms with Gasteiger partial charge in [-0.25, -0.2) is 4.79 Å². The minimum atomic E-state index is -1.04. The van der Waals surface area contributed by atoms with Gasteiger partial charge < -0.3 is 14.9 Å². The Kier molecular flexibility index (Phi) is 12.9. The van der Waals surface area contributed by atoms with Crippen LogP contribution in [0.15, 0.2) is 127 Å². The van der Waals surface area contributed by atoms with Crippen LogP contribution in [0.2, 0.25) is 0 Å². The highest BCUT2D eigenvalue weighted by Crippen LogP contribution is 2.30. The maximum absolute atomic E-state index is 10.7. The van der Waals surface area contributed by atoms with Crippen LogP contribution >= 0.6 is 0 Å². The highest BCUT2D eigenvalue weighted by molar-refractivity contribution is 5.87. The molecule has 0 spiro atoms. The van der Waals surface area contributed by atoms with E-state index in [1.54, 1.807) is 25.1 Å². The number of hydrogen-bond donors (Lipinski definition) is 2. The number of phenols is 1. The molecule has 4 rings (SSSR count). The van der Waals surface area contributed by atoms with Crippen molar-refractivity contribution in [2.75, 3.05) is 6.61 Å². The monoisotopic (exact) mass is 556 g/mol. The zero-order valence-corrected chi connectivity index (χ0v) is 23.9. The molecule has 4 heteroatoms. The van der Waals surface area contributed by atoms with Crippen LogP contribution < -0.4 is 0 Å². The number of carboxylic acids is 1. The highest BCUT2D eigenvalue weighted by atomic mass is 16.5. The number of carboxylic acid groups (broad SMARTS) is 1. The van der Waals surface area contributed by atoms with Crippen LogP contribution in [-0.2, 0) is 9.53 Å². The van der Waals surface area contributed by atoms with Crippen molar-refractivity contribution in [1.29, 1.82) is 0 Å². The number of hydrogen-bond acceptors (Lipinski definition) is 3. The number of allylic oxidation sites excluding steroid dienone is 3. The van der Waals surface area contributed by atoms with Crippen molar-refractivity contribution in [2.45, 2.75) is 13.8 Å². The van der Waals surface area contributed by atoms with Crippen molar-refractivity contribution in [3.05, 3.63) is 160 Å². The van der Waals surface area contributed by atoms with Gasteiger partial charge in [-0.15, -0.1) is 0 Å². The Morgan fingerprint density at radius 3 is 1.60 bits per heavy atom. The van der Waals surface area contributed by atoms with Crippen LogP contribution in [0, 0.1) is 0 Å². The van der Waals surface area contributed by atoms with Gasteiger partial charge in [-0.2, -0.15) is 0 Å². The molecule has 212 valence electrons. The predicted octanol–water partition coefficient (Wildman–Crippen LogP) is 9.47. The zero-order chi connectivity index (χ0) is 30.0. The topological polar surface area (TPSA) is 66.8 Å². The molecule has 4 aromatic carbocycles. The van der Waals surface area contributed by atoms with Crippen molar-refractivity contribution < 1.29 is 19.7 Å². The Labute approximate surface area is 248 Å². The van der Waals surface area contributed by atoms with E-state index in [1.165, 1.54) is 6.08 Å². The van der Waals surface area contributed by atoms with E-state index in [0.29, 0.717) is 6.61 Å². The summed E-state index contributed by atoms with van der Waals surface area (Å²) in [7, 11) is 0. The molecule has 0 aromatic heterocycles. The van der Waals surface area contributed by atoms with Crippen molar-refractivity contribution in [2.24, 2.45) is 0 Å². The largest absolute Gasteiger partial charge is 0.507 e. The first-order valence-corrected chi connectivity index (χ1v) is 13.8. The van der Waals surface area contributed by atoms with Crippen LogP contribution in [0.5, 0.6) is 5.75 Å². The SMILES string of the molecule is C/C=C/C=C(\OCC)C(=O)O.Oc1ccc(C=Cc2ccccc2)c(C=Cc2ccccc2)c1C=Cc1ccccc1. The molecule has 0 heterocycles. The van der Waals surface area contributed by atoms with Crippen LogP contribution in [0.1, 0.15) is 47.2 Å². The summed E-state index contributed by atoms with van der Waals surface area (Å²) >= 11 is 0. The smallest absolute Gasteiger partial charge is 0.371 e. The van der Waals surface area contributed by atoms with Crippen molar-refractivity contribution in [3.8, 4) is 5.75 Å². The summed E-state index contributed by atoms with van der Waals surface area (Å²) in [5.41, 5.74) is 6.15. The second-order valence-corrected chi connectivity index (χ2v) is 9.03. The number of carbonyl (C=O) groups is 1. The average molecular weight is 557 g/mol. The quantitative estimate of drug-likeness (QED) is 0.0883.